The number of hydrogen-bond acceptors (Lipinski definition) is 12. The van der Waals surface area contributed by atoms with Gasteiger partial charge in [-0.15, -0.1) is 0 Å². The van der Waals surface area contributed by atoms with E-state index < -0.39 is 17.9 Å². The Morgan fingerprint density at radius 3 is 2.54 bits per heavy atom. The number of amides is 1. The Kier molecular flexibility index (Phi) is 8.72. The van der Waals surface area contributed by atoms with Gasteiger partial charge in [0.05, 0.1) is 32.7 Å². The van der Waals surface area contributed by atoms with Crippen molar-refractivity contribution in [3.8, 4) is 0 Å². The quantitative estimate of drug-likeness (QED) is 0.330. The molecule has 196 valence electrons. The maximum absolute atomic E-state index is 12.9. The van der Waals surface area contributed by atoms with Gasteiger partial charge in [0.1, 0.15) is 6.04 Å². The van der Waals surface area contributed by atoms with E-state index >= 15 is 0 Å². The fourth-order valence-corrected chi connectivity index (χ4v) is 3.80. The highest BCUT2D eigenvalue weighted by atomic mass is 16.5. The second-order valence-corrected chi connectivity index (χ2v) is 8.38. The molecule has 1 atom stereocenters. The number of aromatic nitrogens is 4. The third kappa shape index (κ3) is 6.78. The van der Waals surface area contributed by atoms with E-state index in [0.717, 1.165) is 11.3 Å². The van der Waals surface area contributed by atoms with E-state index in [-0.39, 0.29) is 30.6 Å². The van der Waals surface area contributed by atoms with Gasteiger partial charge in [-0.3, -0.25) is 9.59 Å². The Balaban J connectivity index is 1.70. The molecule has 0 aliphatic rings. The number of nitrogens with two attached hydrogens (primary N) is 2. The van der Waals surface area contributed by atoms with Gasteiger partial charge in [0.25, 0.3) is 5.91 Å². The van der Waals surface area contributed by atoms with Crippen LogP contribution in [-0.2, 0) is 25.6 Å². The van der Waals surface area contributed by atoms with Crippen LogP contribution in [0.3, 0.4) is 0 Å². The zero-order chi connectivity index (χ0) is 27.1. The smallest absolute Gasteiger partial charge is 0.328 e. The van der Waals surface area contributed by atoms with Crippen LogP contribution in [0.4, 0.5) is 17.5 Å². The van der Waals surface area contributed by atoms with Gasteiger partial charge < -0.3 is 31.2 Å². The van der Waals surface area contributed by atoms with Crippen molar-refractivity contribution in [3.05, 3.63) is 41.2 Å². The third-order valence-electron chi connectivity index (χ3n) is 5.66. The molecule has 1 amide bonds. The van der Waals surface area contributed by atoms with Crippen LogP contribution in [0.25, 0.3) is 11.2 Å². The zero-order valence-corrected chi connectivity index (χ0v) is 21.1. The van der Waals surface area contributed by atoms with Gasteiger partial charge in [-0.2, -0.15) is 9.97 Å². The number of rotatable bonds is 10. The van der Waals surface area contributed by atoms with Crippen LogP contribution in [0.15, 0.2) is 24.4 Å². The molecular weight excluding hydrogens is 480 g/mol. The van der Waals surface area contributed by atoms with Gasteiger partial charge in [0.2, 0.25) is 5.95 Å². The van der Waals surface area contributed by atoms with Crippen LogP contribution >= 0.6 is 0 Å². The predicted octanol–water partition coefficient (Wildman–Crippen LogP) is 1.14. The summed E-state index contributed by atoms with van der Waals surface area (Å²) in [5.74, 6) is -1.22. The summed E-state index contributed by atoms with van der Waals surface area (Å²) in [6.45, 7) is 2.28. The summed E-state index contributed by atoms with van der Waals surface area (Å²) >= 11 is 0. The minimum absolute atomic E-state index is 0.0306. The maximum atomic E-state index is 12.9. The first-order valence-electron chi connectivity index (χ1n) is 11.4. The average Bonchev–Trinajstić information content (AvgIpc) is 2.87. The van der Waals surface area contributed by atoms with Crippen LogP contribution < -0.4 is 21.7 Å². The summed E-state index contributed by atoms with van der Waals surface area (Å²) < 4.78 is 9.40. The number of nitrogen functional groups attached to an aromatic ring is 2. The van der Waals surface area contributed by atoms with E-state index in [9.17, 15) is 14.4 Å². The van der Waals surface area contributed by atoms with Crippen molar-refractivity contribution in [1.82, 2.24) is 25.3 Å². The highest BCUT2D eigenvalue weighted by Gasteiger charge is 2.23. The largest absolute Gasteiger partial charge is 0.469 e. The van der Waals surface area contributed by atoms with E-state index in [4.69, 9.17) is 16.2 Å². The highest BCUT2D eigenvalue weighted by molar-refractivity contribution is 5.97. The Morgan fingerprint density at radius 2 is 1.86 bits per heavy atom. The molecule has 37 heavy (non-hydrogen) atoms. The molecule has 0 saturated heterocycles. The van der Waals surface area contributed by atoms with Crippen LogP contribution in [-0.4, -0.2) is 65.1 Å². The number of fused-ring (bicyclic) bond motifs is 1. The zero-order valence-electron chi connectivity index (χ0n) is 21.1. The van der Waals surface area contributed by atoms with Gasteiger partial charge in [0, 0.05) is 24.7 Å². The number of carbonyl (C=O) groups is 3. The second kappa shape index (κ2) is 11.9. The van der Waals surface area contributed by atoms with Crippen molar-refractivity contribution in [2.24, 2.45) is 0 Å². The topological polar surface area (TPSA) is 189 Å². The van der Waals surface area contributed by atoms with E-state index in [2.05, 4.69) is 30.0 Å². The Bertz CT molecular complexity index is 1320. The standard InChI is InChI=1S/C24H30N8O5/c1-13-10-14(22(34)29-16(23(35)37-4)6-5-7-18(33)36-3)8-9-17(13)32(2)12-15-11-27-21-19(28-15)20(25)30-24(26)31-21/h8-11,16H,5-7,12H2,1-4H3,(H,29,34)(H4,25,26,27,30,31). The number of methoxy groups -OCH3 is 2. The highest BCUT2D eigenvalue weighted by Crippen LogP contribution is 2.23. The lowest BCUT2D eigenvalue weighted by atomic mass is 10.1. The molecule has 0 aliphatic carbocycles. The van der Waals surface area contributed by atoms with Crippen molar-refractivity contribution in [3.63, 3.8) is 0 Å². The number of aryl methyl sites for hydroxylation is 1. The minimum Gasteiger partial charge on any atom is -0.469 e. The fraction of sp³-hybridized carbons (Fsp3) is 0.375. The first-order chi connectivity index (χ1) is 17.6. The molecule has 5 N–H and O–H groups in total. The average molecular weight is 511 g/mol. The van der Waals surface area contributed by atoms with Crippen LogP contribution in [0.2, 0.25) is 0 Å². The van der Waals surface area contributed by atoms with E-state index in [1.165, 1.54) is 14.2 Å². The normalized spacial score (nSPS) is 11.6. The van der Waals surface area contributed by atoms with Crippen molar-refractivity contribution in [1.29, 1.82) is 0 Å². The van der Waals surface area contributed by atoms with Crippen molar-refractivity contribution in [2.45, 2.75) is 38.8 Å². The molecule has 0 spiro atoms. The number of nitrogens with one attached hydrogen (secondary N) is 1. The number of hydrogen-bond donors (Lipinski definition) is 3. The lowest BCUT2D eigenvalue weighted by Crippen LogP contribution is -2.41. The van der Waals surface area contributed by atoms with Crippen LogP contribution in [0.5, 0.6) is 0 Å². The third-order valence-corrected chi connectivity index (χ3v) is 5.66. The molecule has 0 bridgehead atoms. The molecule has 3 rings (SSSR count). The molecule has 0 fully saturated rings. The number of anilines is 3. The van der Waals surface area contributed by atoms with Gasteiger partial charge in [-0.05, 0) is 43.5 Å². The molecule has 0 radical (unpaired) electrons. The molecular formula is C24H30N8O5. The lowest BCUT2D eigenvalue weighted by molar-refractivity contribution is -0.144. The van der Waals surface area contributed by atoms with Crippen molar-refractivity contribution < 1.29 is 23.9 Å². The summed E-state index contributed by atoms with van der Waals surface area (Å²) in [5, 5.41) is 2.69. The molecule has 0 aliphatic heterocycles. The Hall–Kier alpha value is -4.55. The summed E-state index contributed by atoms with van der Waals surface area (Å²) in [6.07, 6.45) is 2.32. The Labute approximate surface area is 213 Å². The lowest BCUT2D eigenvalue weighted by Gasteiger charge is -2.22. The summed E-state index contributed by atoms with van der Waals surface area (Å²) in [4.78, 5) is 55.0. The molecule has 13 nitrogen and oxygen atoms in total. The number of benzene rings is 1. The molecule has 13 heteroatoms. The molecule has 2 aromatic heterocycles. The SMILES string of the molecule is COC(=O)CCCC(NC(=O)c1ccc(N(C)Cc2cnc3nc(N)nc(N)c3n2)c(C)c1)C(=O)OC. The monoisotopic (exact) mass is 510 g/mol. The number of nitrogens with zero attached hydrogens (tertiary/aromatic N) is 5. The van der Waals surface area contributed by atoms with Gasteiger partial charge in [-0.1, -0.05) is 0 Å². The summed E-state index contributed by atoms with van der Waals surface area (Å²) in [6, 6.07) is 4.31. The first kappa shape index (κ1) is 27.0. The molecule has 1 unspecified atom stereocenters. The predicted molar refractivity (Wildman–Crippen MR) is 136 cm³/mol. The fourth-order valence-electron chi connectivity index (χ4n) is 3.80. The van der Waals surface area contributed by atoms with Crippen LogP contribution in [0, 0.1) is 6.92 Å². The van der Waals surface area contributed by atoms with Gasteiger partial charge in [0.15, 0.2) is 17.0 Å². The van der Waals surface area contributed by atoms with Crippen molar-refractivity contribution >= 4 is 46.5 Å². The maximum Gasteiger partial charge on any atom is 0.328 e. The number of esters is 2. The summed E-state index contributed by atoms with van der Waals surface area (Å²) in [7, 11) is 4.42. The molecule has 3 aromatic rings. The van der Waals surface area contributed by atoms with Crippen LogP contribution in [0.1, 0.15) is 40.9 Å². The van der Waals surface area contributed by atoms with E-state index in [0.29, 0.717) is 35.4 Å². The number of ether oxygens (including phenoxy) is 2. The number of carbonyl (C=O) groups excluding carboxylic acids is 3. The Morgan fingerprint density at radius 1 is 1.11 bits per heavy atom. The van der Waals surface area contributed by atoms with Crippen molar-refractivity contribution in [2.75, 3.05) is 37.6 Å². The molecule has 0 saturated carbocycles. The molecule has 2 heterocycles. The van der Waals surface area contributed by atoms with Gasteiger partial charge in [-0.25, -0.2) is 14.8 Å². The van der Waals surface area contributed by atoms with Gasteiger partial charge >= 0.3 is 11.9 Å². The van der Waals surface area contributed by atoms with E-state index in [1.54, 1.807) is 24.4 Å². The summed E-state index contributed by atoms with van der Waals surface area (Å²) in [5.41, 5.74) is 14.9. The molecule has 1 aromatic carbocycles. The minimum atomic E-state index is -0.886. The second-order valence-electron chi connectivity index (χ2n) is 8.38. The van der Waals surface area contributed by atoms with E-state index in [1.807, 2.05) is 18.9 Å². The first-order valence-corrected chi connectivity index (χ1v) is 11.4.